The molecule has 35 nitrogen and oxygen atoms in total. The number of carbonyl (C=O) groups excluding carboxylic acids is 15. The molecule has 696 valence electrons. The highest BCUT2D eigenvalue weighted by Gasteiger charge is 2.42. The number of likely N-dealkylation sites (N-methyl/N-ethyl adjacent to an activating group) is 5. The lowest BCUT2D eigenvalue weighted by atomic mass is 9.98. The molecule has 6 aromatic carbocycles. The third-order valence-corrected chi connectivity index (χ3v) is 23.4. The number of aromatic amines is 1. The van der Waals surface area contributed by atoms with Gasteiger partial charge in [0.05, 0.1) is 25.4 Å². The van der Waals surface area contributed by atoms with Crippen LogP contribution in [0, 0.1) is 11.8 Å². The van der Waals surface area contributed by atoms with E-state index in [0.29, 0.717) is 57.1 Å². The van der Waals surface area contributed by atoms with E-state index in [-0.39, 0.29) is 74.5 Å². The summed E-state index contributed by atoms with van der Waals surface area (Å²) in [6, 6.07) is 27.7. The SMILES string of the molecule is CCCC[C@H]1C(=O)N(C)CC(=O)N[C@@H](CCC(=O)O)C(=O)N[C@@H](C(C)C)C(=O)N(C)[C@@H](Cc2ccccc2)C(=O)NC(Cc2ccc(O)cc2)C(=O)N(C)CC(=O)N[C@@H](Cc2c[nH]c3ccccc23)C(=O)N[C@@H](Cc2ccc(O)cc2)C(=O)N[C@@H](CC(C)C)C(=O)N[C@H](C(=O)NCC(N)=O)CSCC(=O)N[C@@H](Cc2ccccc2)C(=O)N(C)[C@@H](Cc2ccccc2)C(=O)N1C. The molecule has 15 amide bonds. The maximum Gasteiger partial charge on any atom is 0.303 e. The maximum atomic E-state index is 15.6. The number of nitrogens with one attached hydrogen (secondary N) is 10. The number of nitrogens with zero attached hydrogens (tertiary/aromatic N) is 5. The number of benzene rings is 6. The zero-order valence-electron chi connectivity index (χ0n) is 74.8. The van der Waals surface area contributed by atoms with Gasteiger partial charge in [-0.1, -0.05) is 181 Å². The number of fused-ring (bicyclic) bond motifs is 1. The Balaban J connectivity index is 1.21. The van der Waals surface area contributed by atoms with Crippen molar-refractivity contribution in [1.29, 1.82) is 0 Å². The Bertz CT molecular complexity index is 5090. The molecule has 0 aliphatic carbocycles. The zero-order valence-corrected chi connectivity index (χ0v) is 75.6. The topological polar surface area (TPSA) is 500 Å². The van der Waals surface area contributed by atoms with Gasteiger partial charge in [0.2, 0.25) is 88.6 Å². The van der Waals surface area contributed by atoms with Crippen molar-refractivity contribution in [2.75, 3.05) is 66.4 Å². The third kappa shape index (κ3) is 30.8. The number of hydrogen-bond acceptors (Lipinski definition) is 19. The number of aromatic nitrogens is 1. The van der Waals surface area contributed by atoms with E-state index in [4.69, 9.17) is 5.73 Å². The van der Waals surface area contributed by atoms with Crippen molar-refractivity contribution in [3.05, 3.63) is 203 Å². The molecule has 0 spiro atoms. The molecule has 1 unspecified atom stereocenters. The van der Waals surface area contributed by atoms with Crippen molar-refractivity contribution in [2.45, 2.75) is 178 Å². The number of carboxylic acids is 1. The number of aliphatic carboxylic acids is 1. The Morgan fingerprint density at radius 2 is 0.900 bits per heavy atom. The van der Waals surface area contributed by atoms with Crippen molar-refractivity contribution in [3.63, 3.8) is 0 Å². The average molecular weight is 1810 g/mol. The number of thioether (sulfide) groups is 1. The summed E-state index contributed by atoms with van der Waals surface area (Å²) in [5.74, 6) is -16.9. The lowest BCUT2D eigenvalue weighted by Crippen LogP contribution is -2.61. The third-order valence-electron chi connectivity index (χ3n) is 22.3. The molecule has 36 heteroatoms. The summed E-state index contributed by atoms with van der Waals surface area (Å²) in [6.45, 7) is 6.29. The summed E-state index contributed by atoms with van der Waals surface area (Å²) in [6.07, 6.45) is -0.00654. The fraction of sp³-hybridized carbons (Fsp3) is 0.426. The molecule has 11 atom stereocenters. The van der Waals surface area contributed by atoms with E-state index in [2.05, 4.69) is 52.8 Å². The van der Waals surface area contributed by atoms with Crippen molar-refractivity contribution in [3.8, 4) is 11.5 Å². The van der Waals surface area contributed by atoms with Gasteiger partial charge in [0.1, 0.15) is 78.0 Å². The standard InChI is InChI=1S/C94H120N16O19S/c1-11-12-32-75-92(127)107(7)53-79(114)98-68(41-42-82(117)118)85(120)105-83(57(4)5)94(129)109(9)76(47-59-26-18-14-19-27-59)89(124)103-72(46-62-35-39-65(112)40-36-62)90(125)106(6)52-80(115)99-71(49-63-50-96-67-31-23-22-30-66(63)67)88(123)102-70(44-61-33-37-64(111)38-34-61)87(122)101-69(43-56(2)3)86(121)104-74(84(119)97-51-78(95)113)54-130-55-81(116)100-73(45-58-24-16-13-17-25-58)91(126)110(10)77(93(128)108(75)8)48-60-28-20-15-21-29-60/h13-31,33-40,50,56-57,68-77,83,96,111-112H,11-12,32,41-49,51-55H2,1-10H3,(H2,95,113)(H,97,119)(H,98,114)(H,99,115)(H,100,116)(H,101,122)(H,102,123)(H,103,124)(H,104,121)(H,105,120)(H,117,118)/t68-,69-,70-,71-,72?,73-,74-,75-,76-,77-,83-/m0/s1. The fourth-order valence-electron chi connectivity index (χ4n) is 15.1. The molecule has 0 saturated carbocycles. The van der Waals surface area contributed by atoms with Gasteiger partial charge in [-0.15, -0.1) is 11.8 Å². The van der Waals surface area contributed by atoms with E-state index in [1.165, 1.54) is 93.6 Å². The minimum absolute atomic E-state index is 0.0434. The molecule has 130 heavy (non-hydrogen) atoms. The van der Waals surface area contributed by atoms with E-state index in [1.54, 1.807) is 149 Å². The number of carboxylic acid groups (broad SMARTS) is 1. The molecule has 1 fully saturated rings. The first kappa shape index (κ1) is 102. The zero-order chi connectivity index (χ0) is 95.0. The lowest BCUT2D eigenvalue weighted by Gasteiger charge is -2.37. The first-order valence-corrected chi connectivity index (χ1v) is 44.3. The van der Waals surface area contributed by atoms with Crippen LogP contribution in [-0.2, 0) is 115 Å². The van der Waals surface area contributed by atoms with E-state index in [9.17, 15) is 53.7 Å². The van der Waals surface area contributed by atoms with Crippen molar-refractivity contribution >= 4 is 117 Å². The van der Waals surface area contributed by atoms with Gasteiger partial charge in [-0.25, -0.2) is 0 Å². The Morgan fingerprint density at radius 1 is 0.454 bits per heavy atom. The van der Waals surface area contributed by atoms with Gasteiger partial charge in [-0.2, -0.15) is 0 Å². The molecule has 15 N–H and O–H groups in total. The lowest BCUT2D eigenvalue weighted by molar-refractivity contribution is -0.151. The van der Waals surface area contributed by atoms with Crippen LogP contribution in [0.5, 0.6) is 11.5 Å². The summed E-state index contributed by atoms with van der Waals surface area (Å²) >= 11 is 0.832. The molecular formula is C94H120N16O19S. The number of rotatable bonds is 24. The van der Waals surface area contributed by atoms with E-state index in [1.807, 2.05) is 6.92 Å². The van der Waals surface area contributed by atoms with Crippen LogP contribution in [0.4, 0.5) is 0 Å². The number of para-hydroxylation sites is 1. The summed E-state index contributed by atoms with van der Waals surface area (Å²) < 4.78 is 0. The first-order valence-electron chi connectivity index (χ1n) is 43.2. The van der Waals surface area contributed by atoms with Crippen molar-refractivity contribution in [1.82, 2.24) is 77.3 Å². The molecular weight excluding hydrogens is 1690 g/mol. The second kappa shape index (κ2) is 49.6. The number of unbranched alkanes of at least 4 members (excludes halogenated alkanes) is 1. The minimum atomic E-state index is -1.68. The summed E-state index contributed by atoms with van der Waals surface area (Å²) in [4.78, 5) is 244. The number of amides is 15. The van der Waals surface area contributed by atoms with Crippen molar-refractivity contribution < 1.29 is 92.0 Å². The van der Waals surface area contributed by atoms with Crippen LogP contribution in [0.3, 0.4) is 0 Å². The molecule has 7 aromatic rings. The number of phenols is 2. The number of nitrogens with two attached hydrogens (primary N) is 1. The first-order chi connectivity index (χ1) is 61.9. The van der Waals surface area contributed by atoms with Crippen LogP contribution in [0.15, 0.2) is 170 Å². The van der Waals surface area contributed by atoms with E-state index >= 15 is 38.4 Å². The average Bonchev–Trinajstić information content (AvgIpc) is 1.63. The van der Waals surface area contributed by atoms with Crippen LogP contribution in [-0.4, -0.2) is 272 Å². The molecule has 1 aliphatic rings. The highest BCUT2D eigenvalue weighted by molar-refractivity contribution is 8.00. The molecule has 1 aromatic heterocycles. The van der Waals surface area contributed by atoms with Gasteiger partial charge in [0.15, 0.2) is 0 Å². The van der Waals surface area contributed by atoms with E-state index in [0.717, 1.165) is 26.5 Å². The molecule has 1 aliphatic heterocycles. The summed E-state index contributed by atoms with van der Waals surface area (Å²) in [5, 5.41) is 55.6. The normalized spacial score (nSPS) is 21.8. The van der Waals surface area contributed by atoms with Gasteiger partial charge in [-0.3, -0.25) is 76.7 Å². The van der Waals surface area contributed by atoms with Crippen LogP contribution < -0.4 is 53.6 Å². The van der Waals surface area contributed by atoms with Crippen molar-refractivity contribution in [2.24, 2.45) is 17.6 Å². The van der Waals surface area contributed by atoms with Gasteiger partial charge >= 0.3 is 5.97 Å². The highest BCUT2D eigenvalue weighted by atomic mass is 32.2. The fourth-order valence-corrected chi connectivity index (χ4v) is 16.0. The number of aromatic hydroxyl groups is 2. The smallest absolute Gasteiger partial charge is 0.303 e. The molecule has 2 heterocycles. The number of carbonyl (C=O) groups is 16. The van der Waals surface area contributed by atoms with Gasteiger partial charge in [0.25, 0.3) is 0 Å². The Labute approximate surface area is 759 Å². The second-order valence-corrected chi connectivity index (χ2v) is 34.4. The highest BCUT2D eigenvalue weighted by Crippen LogP contribution is 2.25. The number of hydrogen-bond donors (Lipinski definition) is 14. The number of phenolic OH excluding ortho intramolecular Hbond substituents is 2. The molecule has 8 rings (SSSR count). The largest absolute Gasteiger partial charge is 0.508 e. The Hall–Kier alpha value is -13.7. The van der Waals surface area contributed by atoms with Crippen LogP contribution in [0.25, 0.3) is 10.9 Å². The summed E-state index contributed by atoms with van der Waals surface area (Å²) in [5.41, 5.74) is 9.15. The molecule has 0 bridgehead atoms. The van der Waals surface area contributed by atoms with Crippen LogP contribution in [0.2, 0.25) is 0 Å². The number of H-pyrrole nitrogens is 1. The Morgan fingerprint density at radius 3 is 1.44 bits per heavy atom. The monoisotopic (exact) mass is 1810 g/mol. The maximum absolute atomic E-state index is 15.6. The van der Waals surface area contributed by atoms with Gasteiger partial charge in [-0.05, 0) is 94.8 Å². The summed E-state index contributed by atoms with van der Waals surface area (Å²) in [7, 11) is 6.61. The van der Waals surface area contributed by atoms with Crippen LogP contribution in [0.1, 0.15) is 107 Å². The molecule has 0 radical (unpaired) electrons. The van der Waals surface area contributed by atoms with Gasteiger partial charge < -0.3 is 98.4 Å². The van der Waals surface area contributed by atoms with E-state index < -0.39 is 205 Å². The predicted molar refractivity (Wildman–Crippen MR) is 487 cm³/mol. The minimum Gasteiger partial charge on any atom is -0.508 e. The molecule has 1 saturated heterocycles. The predicted octanol–water partition coefficient (Wildman–Crippen LogP) is 2.72. The quantitative estimate of drug-likeness (QED) is 0.0413. The Kier molecular flexibility index (Phi) is 38.8. The second-order valence-electron chi connectivity index (χ2n) is 33.4. The number of primary amides is 1. The van der Waals surface area contributed by atoms with Crippen LogP contribution >= 0.6 is 11.8 Å². The van der Waals surface area contributed by atoms with Gasteiger partial charge in [0, 0.05) is 103 Å².